The molecular formula is C23H24N4O. The van der Waals surface area contributed by atoms with Crippen LogP contribution < -0.4 is 10.2 Å². The number of hydrogen-bond acceptors (Lipinski definition) is 4. The molecule has 2 heterocycles. The molecule has 5 heteroatoms. The van der Waals surface area contributed by atoms with Crippen LogP contribution in [-0.2, 0) is 19.4 Å². The molecule has 0 bridgehead atoms. The van der Waals surface area contributed by atoms with Crippen LogP contribution in [0.3, 0.4) is 0 Å². The van der Waals surface area contributed by atoms with E-state index >= 15 is 0 Å². The molecule has 0 aliphatic carbocycles. The molecule has 0 fully saturated rings. The molecule has 1 amide bonds. The summed E-state index contributed by atoms with van der Waals surface area (Å²) >= 11 is 0. The van der Waals surface area contributed by atoms with Crippen LogP contribution in [0.4, 0.5) is 5.82 Å². The standard InChI is InChI=1S/C23H24N4O/c28-23(24-13-6-9-18-7-2-1-3-8-18)21-15-22(26-17-25-21)27-14-12-19-10-4-5-11-20(19)16-27/h1-5,7-8,10-11,15,17H,6,9,12-14,16H2,(H,24,28). The average molecular weight is 372 g/mol. The Kier molecular flexibility index (Phi) is 5.61. The quantitative estimate of drug-likeness (QED) is 0.674. The molecule has 4 rings (SSSR count). The molecule has 0 saturated carbocycles. The van der Waals surface area contributed by atoms with Crippen LogP contribution in [0.5, 0.6) is 0 Å². The monoisotopic (exact) mass is 372 g/mol. The maximum atomic E-state index is 12.5. The second kappa shape index (κ2) is 8.65. The SMILES string of the molecule is O=C(NCCCc1ccccc1)c1cc(N2CCc3ccccc3C2)ncn1. The molecule has 1 aliphatic rings. The minimum Gasteiger partial charge on any atom is -0.352 e. The van der Waals surface area contributed by atoms with Crippen molar-refractivity contribution in [2.75, 3.05) is 18.0 Å². The van der Waals surface area contributed by atoms with E-state index in [4.69, 9.17) is 0 Å². The number of fused-ring (bicyclic) bond motifs is 1. The van der Waals surface area contributed by atoms with E-state index in [0.717, 1.165) is 38.2 Å². The summed E-state index contributed by atoms with van der Waals surface area (Å²) in [6.07, 6.45) is 4.32. The van der Waals surface area contributed by atoms with Crippen molar-refractivity contribution in [3.8, 4) is 0 Å². The number of carbonyl (C=O) groups excluding carboxylic acids is 1. The lowest BCUT2D eigenvalue weighted by Gasteiger charge is -2.29. The maximum Gasteiger partial charge on any atom is 0.270 e. The van der Waals surface area contributed by atoms with Gasteiger partial charge in [-0.05, 0) is 36.0 Å². The molecule has 0 unspecified atom stereocenters. The zero-order valence-corrected chi connectivity index (χ0v) is 15.8. The number of aromatic nitrogens is 2. The molecule has 2 aromatic carbocycles. The van der Waals surface area contributed by atoms with Crippen molar-refractivity contribution < 1.29 is 4.79 Å². The zero-order chi connectivity index (χ0) is 19.2. The van der Waals surface area contributed by atoms with E-state index in [1.165, 1.54) is 23.0 Å². The Bertz CT molecular complexity index is 942. The molecule has 5 nitrogen and oxygen atoms in total. The number of amides is 1. The highest BCUT2D eigenvalue weighted by Gasteiger charge is 2.18. The summed E-state index contributed by atoms with van der Waals surface area (Å²) in [7, 11) is 0. The minimum atomic E-state index is -0.144. The van der Waals surface area contributed by atoms with Crippen molar-refractivity contribution in [1.29, 1.82) is 0 Å². The lowest BCUT2D eigenvalue weighted by Crippen LogP contribution is -2.32. The fraction of sp³-hybridized carbons (Fsp3) is 0.261. The summed E-state index contributed by atoms with van der Waals surface area (Å²) in [5, 5.41) is 2.97. The molecule has 1 aliphatic heterocycles. The highest BCUT2D eigenvalue weighted by atomic mass is 16.1. The zero-order valence-electron chi connectivity index (χ0n) is 15.8. The summed E-state index contributed by atoms with van der Waals surface area (Å²) in [6, 6.07) is 20.6. The van der Waals surface area contributed by atoms with Crippen LogP contribution in [0.2, 0.25) is 0 Å². The number of nitrogens with one attached hydrogen (secondary N) is 1. The first-order valence-corrected chi connectivity index (χ1v) is 9.75. The van der Waals surface area contributed by atoms with Crippen molar-refractivity contribution in [2.45, 2.75) is 25.8 Å². The topological polar surface area (TPSA) is 58.1 Å². The highest BCUT2D eigenvalue weighted by molar-refractivity contribution is 5.92. The fourth-order valence-electron chi connectivity index (χ4n) is 3.57. The van der Waals surface area contributed by atoms with Crippen molar-refractivity contribution in [1.82, 2.24) is 15.3 Å². The smallest absolute Gasteiger partial charge is 0.270 e. The van der Waals surface area contributed by atoms with Gasteiger partial charge in [-0.25, -0.2) is 9.97 Å². The lowest BCUT2D eigenvalue weighted by molar-refractivity contribution is 0.0948. The van der Waals surface area contributed by atoms with Gasteiger partial charge in [0.2, 0.25) is 0 Å². The number of rotatable bonds is 6. The van der Waals surface area contributed by atoms with Crippen molar-refractivity contribution in [3.05, 3.63) is 89.4 Å². The highest BCUT2D eigenvalue weighted by Crippen LogP contribution is 2.22. The molecule has 0 radical (unpaired) electrons. The number of anilines is 1. The molecule has 0 saturated heterocycles. The summed E-state index contributed by atoms with van der Waals surface area (Å²) in [6.45, 7) is 2.33. The van der Waals surface area contributed by atoms with Crippen molar-refractivity contribution in [3.63, 3.8) is 0 Å². The summed E-state index contributed by atoms with van der Waals surface area (Å²) in [5.74, 6) is 0.660. The molecule has 28 heavy (non-hydrogen) atoms. The largest absolute Gasteiger partial charge is 0.352 e. The third kappa shape index (κ3) is 4.36. The third-order valence-corrected chi connectivity index (χ3v) is 5.11. The molecule has 0 spiro atoms. The van der Waals surface area contributed by atoms with Gasteiger partial charge in [-0.15, -0.1) is 0 Å². The van der Waals surface area contributed by atoms with Gasteiger partial charge >= 0.3 is 0 Å². The maximum absolute atomic E-state index is 12.5. The number of nitrogens with zero attached hydrogens (tertiary/aromatic N) is 3. The number of aryl methyl sites for hydroxylation is 1. The van der Waals surface area contributed by atoms with Gasteiger partial charge in [0.1, 0.15) is 17.8 Å². The van der Waals surface area contributed by atoms with Gasteiger partial charge in [-0.2, -0.15) is 0 Å². The van der Waals surface area contributed by atoms with Gasteiger partial charge < -0.3 is 10.2 Å². The first-order chi connectivity index (χ1) is 13.8. The number of hydrogen-bond donors (Lipinski definition) is 1. The Morgan fingerprint density at radius 1 is 1.00 bits per heavy atom. The van der Waals surface area contributed by atoms with Gasteiger partial charge in [0.25, 0.3) is 5.91 Å². The van der Waals surface area contributed by atoms with E-state index in [-0.39, 0.29) is 5.91 Å². The van der Waals surface area contributed by atoms with Crippen LogP contribution >= 0.6 is 0 Å². The van der Waals surface area contributed by atoms with Crippen LogP contribution in [0.25, 0.3) is 0 Å². The normalized spacial score (nSPS) is 13.1. The Labute approximate surface area is 165 Å². The second-order valence-electron chi connectivity index (χ2n) is 7.05. The predicted molar refractivity (Wildman–Crippen MR) is 110 cm³/mol. The van der Waals surface area contributed by atoms with E-state index in [1.54, 1.807) is 6.07 Å². The fourth-order valence-corrected chi connectivity index (χ4v) is 3.57. The van der Waals surface area contributed by atoms with E-state index in [0.29, 0.717) is 12.2 Å². The Balaban J connectivity index is 1.34. The van der Waals surface area contributed by atoms with Gasteiger partial charge in [0.15, 0.2) is 0 Å². The average Bonchev–Trinajstić information content (AvgIpc) is 2.77. The van der Waals surface area contributed by atoms with E-state index < -0.39 is 0 Å². The van der Waals surface area contributed by atoms with E-state index in [9.17, 15) is 4.79 Å². The van der Waals surface area contributed by atoms with Crippen molar-refractivity contribution in [2.24, 2.45) is 0 Å². The third-order valence-electron chi connectivity index (χ3n) is 5.11. The molecule has 142 valence electrons. The summed E-state index contributed by atoms with van der Waals surface area (Å²) < 4.78 is 0. The second-order valence-corrected chi connectivity index (χ2v) is 7.05. The predicted octanol–water partition coefficient (Wildman–Crippen LogP) is 3.40. The van der Waals surface area contributed by atoms with Crippen LogP contribution in [-0.4, -0.2) is 29.0 Å². The molecular weight excluding hydrogens is 348 g/mol. The number of carbonyl (C=O) groups is 1. The molecule has 3 aromatic rings. The summed E-state index contributed by atoms with van der Waals surface area (Å²) in [4.78, 5) is 23.2. The van der Waals surface area contributed by atoms with Crippen LogP contribution in [0, 0.1) is 0 Å². The first-order valence-electron chi connectivity index (χ1n) is 9.75. The Morgan fingerprint density at radius 3 is 2.64 bits per heavy atom. The summed E-state index contributed by atoms with van der Waals surface area (Å²) in [5.41, 5.74) is 4.42. The van der Waals surface area contributed by atoms with Crippen LogP contribution in [0.15, 0.2) is 67.0 Å². The van der Waals surface area contributed by atoms with Gasteiger partial charge in [-0.3, -0.25) is 4.79 Å². The minimum absolute atomic E-state index is 0.144. The Hall–Kier alpha value is -3.21. The molecule has 1 aromatic heterocycles. The van der Waals surface area contributed by atoms with E-state index in [2.05, 4.69) is 56.6 Å². The van der Waals surface area contributed by atoms with Gasteiger partial charge in [0, 0.05) is 25.7 Å². The van der Waals surface area contributed by atoms with Gasteiger partial charge in [-0.1, -0.05) is 54.6 Å². The Morgan fingerprint density at radius 2 is 1.79 bits per heavy atom. The molecule has 1 N–H and O–H groups in total. The van der Waals surface area contributed by atoms with E-state index in [1.807, 2.05) is 18.2 Å². The van der Waals surface area contributed by atoms with Crippen LogP contribution in [0.1, 0.15) is 33.6 Å². The first kappa shape index (κ1) is 18.2. The van der Waals surface area contributed by atoms with Gasteiger partial charge in [0.05, 0.1) is 0 Å². The lowest BCUT2D eigenvalue weighted by atomic mass is 10.00. The van der Waals surface area contributed by atoms with Crippen molar-refractivity contribution >= 4 is 11.7 Å². The number of benzene rings is 2. The molecule has 0 atom stereocenters.